The van der Waals surface area contributed by atoms with Crippen molar-refractivity contribution in [2.45, 2.75) is 32.7 Å². The number of rotatable bonds is 3. The molecule has 0 aliphatic carbocycles. The normalized spacial score (nSPS) is 19.1. The topological polar surface area (TPSA) is 78.4 Å². The van der Waals surface area contributed by atoms with E-state index in [4.69, 9.17) is 0 Å². The Labute approximate surface area is 165 Å². The molecule has 0 saturated carbocycles. The molecule has 0 bridgehead atoms. The van der Waals surface area contributed by atoms with Crippen LogP contribution in [0, 0.1) is 13.8 Å². The molecule has 2 saturated heterocycles. The molecule has 2 aliphatic rings. The second-order valence-electron chi connectivity index (χ2n) is 7.54. The number of piperidine rings is 1. The Morgan fingerprint density at radius 3 is 2.39 bits per heavy atom. The van der Waals surface area contributed by atoms with Crippen LogP contribution in [0.2, 0.25) is 0 Å². The minimum atomic E-state index is -0.00836. The molecule has 148 valence electrons. The van der Waals surface area contributed by atoms with Crippen LogP contribution in [0.25, 0.3) is 0 Å². The van der Waals surface area contributed by atoms with Crippen LogP contribution in [-0.2, 0) is 0 Å². The molecular formula is C20H27N7O. The number of carbonyl (C=O) groups is 1. The van der Waals surface area contributed by atoms with Crippen LogP contribution < -0.4 is 4.90 Å². The third-order valence-corrected chi connectivity index (χ3v) is 5.97. The number of carbonyl (C=O) groups excluding carboxylic acids is 1. The monoisotopic (exact) mass is 381 g/mol. The maximum absolute atomic E-state index is 12.5. The van der Waals surface area contributed by atoms with Crippen molar-refractivity contribution in [2.75, 3.05) is 44.2 Å². The van der Waals surface area contributed by atoms with Crippen LogP contribution in [0.3, 0.4) is 0 Å². The zero-order valence-corrected chi connectivity index (χ0v) is 16.6. The van der Waals surface area contributed by atoms with Crippen molar-refractivity contribution in [1.29, 1.82) is 0 Å². The predicted octanol–water partition coefficient (Wildman–Crippen LogP) is 1.31. The summed E-state index contributed by atoms with van der Waals surface area (Å²) in [5, 5.41) is 0. The molecule has 0 N–H and O–H groups in total. The van der Waals surface area contributed by atoms with E-state index in [1.54, 1.807) is 24.9 Å². The Bertz CT molecular complexity index is 813. The Morgan fingerprint density at radius 2 is 1.71 bits per heavy atom. The highest BCUT2D eigenvalue weighted by molar-refractivity contribution is 5.92. The van der Waals surface area contributed by atoms with Gasteiger partial charge in [0.15, 0.2) is 0 Å². The number of aromatic nitrogens is 4. The summed E-state index contributed by atoms with van der Waals surface area (Å²) in [6.45, 7) is 9.73. The number of nitrogens with zero attached hydrogens (tertiary/aromatic N) is 7. The summed E-state index contributed by atoms with van der Waals surface area (Å²) in [7, 11) is 0. The molecule has 0 atom stereocenters. The van der Waals surface area contributed by atoms with E-state index >= 15 is 0 Å². The summed E-state index contributed by atoms with van der Waals surface area (Å²) in [4.78, 5) is 36.3. The Morgan fingerprint density at radius 1 is 0.964 bits per heavy atom. The summed E-state index contributed by atoms with van der Waals surface area (Å²) >= 11 is 0. The SMILES string of the molecule is Cc1ncnc(N2CCN(C3CCN(C(=O)c4cnccn4)CC3)CC2)c1C. The van der Waals surface area contributed by atoms with Crippen molar-refractivity contribution >= 4 is 11.7 Å². The van der Waals surface area contributed by atoms with Crippen LogP contribution in [0.15, 0.2) is 24.9 Å². The fraction of sp³-hybridized carbons (Fsp3) is 0.550. The number of piperazine rings is 1. The highest BCUT2D eigenvalue weighted by Crippen LogP contribution is 2.23. The highest BCUT2D eigenvalue weighted by Gasteiger charge is 2.30. The smallest absolute Gasteiger partial charge is 0.274 e. The average Bonchev–Trinajstić information content (AvgIpc) is 2.76. The molecule has 2 aromatic heterocycles. The lowest BCUT2D eigenvalue weighted by atomic mass is 10.0. The van der Waals surface area contributed by atoms with Gasteiger partial charge in [0, 0.05) is 69.0 Å². The van der Waals surface area contributed by atoms with Crippen LogP contribution in [-0.4, -0.2) is 81.0 Å². The molecule has 2 fully saturated rings. The molecule has 2 aliphatic heterocycles. The molecule has 0 radical (unpaired) electrons. The van der Waals surface area contributed by atoms with Gasteiger partial charge in [-0.2, -0.15) is 0 Å². The zero-order valence-electron chi connectivity index (χ0n) is 16.6. The first-order valence-corrected chi connectivity index (χ1v) is 9.96. The molecule has 8 nitrogen and oxygen atoms in total. The largest absolute Gasteiger partial charge is 0.354 e. The van der Waals surface area contributed by atoms with Crippen molar-refractivity contribution < 1.29 is 4.79 Å². The lowest BCUT2D eigenvalue weighted by Crippen LogP contribution is -2.54. The Balaban J connectivity index is 1.30. The summed E-state index contributed by atoms with van der Waals surface area (Å²) in [6.07, 6.45) is 8.39. The second-order valence-corrected chi connectivity index (χ2v) is 7.54. The second kappa shape index (κ2) is 8.18. The van der Waals surface area contributed by atoms with Crippen LogP contribution >= 0.6 is 0 Å². The fourth-order valence-corrected chi connectivity index (χ4v) is 4.15. The molecule has 4 heterocycles. The van der Waals surface area contributed by atoms with Gasteiger partial charge >= 0.3 is 0 Å². The predicted molar refractivity (Wildman–Crippen MR) is 106 cm³/mol. The molecule has 0 aromatic carbocycles. The van der Waals surface area contributed by atoms with E-state index in [9.17, 15) is 4.79 Å². The Hall–Kier alpha value is -2.61. The first-order valence-electron chi connectivity index (χ1n) is 9.96. The van der Waals surface area contributed by atoms with E-state index in [2.05, 4.69) is 36.7 Å². The molecular weight excluding hydrogens is 354 g/mol. The van der Waals surface area contributed by atoms with E-state index in [0.717, 1.165) is 63.6 Å². The van der Waals surface area contributed by atoms with Gasteiger partial charge in [0.2, 0.25) is 0 Å². The van der Waals surface area contributed by atoms with E-state index in [-0.39, 0.29) is 5.91 Å². The lowest BCUT2D eigenvalue weighted by molar-refractivity contribution is 0.0605. The van der Waals surface area contributed by atoms with E-state index in [1.807, 2.05) is 11.8 Å². The van der Waals surface area contributed by atoms with Crippen molar-refractivity contribution in [2.24, 2.45) is 0 Å². The van der Waals surface area contributed by atoms with E-state index < -0.39 is 0 Å². The van der Waals surface area contributed by atoms with Gasteiger partial charge in [0.25, 0.3) is 5.91 Å². The lowest BCUT2D eigenvalue weighted by Gasteiger charge is -2.43. The standard InChI is InChI=1S/C20H27N7O/c1-15-16(2)23-14-24-19(15)26-11-9-25(10-12-26)17-3-7-27(8-4-17)20(28)18-13-21-5-6-22-18/h5-6,13-14,17H,3-4,7-12H2,1-2H3. The van der Waals surface area contributed by atoms with Crippen LogP contribution in [0.4, 0.5) is 5.82 Å². The summed E-state index contributed by atoms with van der Waals surface area (Å²) < 4.78 is 0. The molecule has 4 rings (SSSR count). The summed E-state index contributed by atoms with van der Waals surface area (Å²) in [5.41, 5.74) is 2.66. The highest BCUT2D eigenvalue weighted by atomic mass is 16.2. The van der Waals surface area contributed by atoms with Crippen molar-refractivity contribution in [3.8, 4) is 0 Å². The molecule has 2 aromatic rings. The fourth-order valence-electron chi connectivity index (χ4n) is 4.15. The molecule has 0 spiro atoms. The van der Waals surface area contributed by atoms with Gasteiger partial charge in [-0.25, -0.2) is 15.0 Å². The summed E-state index contributed by atoms with van der Waals surface area (Å²) in [5.74, 6) is 1.06. The number of hydrogen-bond acceptors (Lipinski definition) is 7. The van der Waals surface area contributed by atoms with Gasteiger partial charge in [-0.15, -0.1) is 0 Å². The van der Waals surface area contributed by atoms with Crippen LogP contribution in [0.5, 0.6) is 0 Å². The van der Waals surface area contributed by atoms with Gasteiger partial charge in [-0.3, -0.25) is 14.7 Å². The maximum atomic E-state index is 12.5. The van der Waals surface area contributed by atoms with E-state index in [1.165, 1.54) is 5.56 Å². The minimum Gasteiger partial charge on any atom is -0.354 e. The third kappa shape index (κ3) is 3.82. The Kier molecular flexibility index (Phi) is 5.47. The minimum absolute atomic E-state index is 0.00836. The first-order chi connectivity index (χ1) is 13.6. The van der Waals surface area contributed by atoms with Crippen molar-refractivity contribution in [1.82, 2.24) is 29.7 Å². The zero-order chi connectivity index (χ0) is 19.5. The number of amides is 1. The average molecular weight is 381 g/mol. The molecule has 28 heavy (non-hydrogen) atoms. The number of anilines is 1. The number of aryl methyl sites for hydroxylation is 1. The van der Waals surface area contributed by atoms with Gasteiger partial charge in [0.1, 0.15) is 17.8 Å². The quantitative estimate of drug-likeness (QED) is 0.793. The third-order valence-electron chi connectivity index (χ3n) is 5.97. The van der Waals surface area contributed by atoms with Gasteiger partial charge < -0.3 is 9.80 Å². The molecule has 1 amide bonds. The van der Waals surface area contributed by atoms with Crippen LogP contribution in [0.1, 0.15) is 34.6 Å². The first kappa shape index (κ1) is 18.7. The molecule has 0 unspecified atom stereocenters. The van der Waals surface area contributed by atoms with Crippen molar-refractivity contribution in [3.05, 3.63) is 41.9 Å². The van der Waals surface area contributed by atoms with E-state index in [0.29, 0.717) is 11.7 Å². The summed E-state index contributed by atoms with van der Waals surface area (Å²) in [6, 6.07) is 0.543. The van der Waals surface area contributed by atoms with Gasteiger partial charge in [-0.05, 0) is 26.7 Å². The number of likely N-dealkylation sites (tertiary alicyclic amines) is 1. The molecule has 8 heteroatoms. The maximum Gasteiger partial charge on any atom is 0.274 e. The van der Waals surface area contributed by atoms with Gasteiger partial charge in [-0.1, -0.05) is 0 Å². The number of hydrogen-bond donors (Lipinski definition) is 0. The van der Waals surface area contributed by atoms with Crippen molar-refractivity contribution in [3.63, 3.8) is 0 Å². The van der Waals surface area contributed by atoms with Gasteiger partial charge in [0.05, 0.1) is 6.20 Å².